The standard InChI is InChI=1S/C23H29N3O3/c1-3-29-22-7-5-4-6-21(22)26-16-14-25(15-17-26)13-12-23(28)24-20-10-8-19(9-11-20)18(2)27/h4-11H,3,12-17H2,1-2H3,(H,24,28). The Labute approximate surface area is 172 Å². The molecular weight excluding hydrogens is 366 g/mol. The molecule has 1 fully saturated rings. The van der Waals surface area contributed by atoms with Gasteiger partial charge in [0.2, 0.25) is 5.91 Å². The number of nitrogens with one attached hydrogen (secondary N) is 1. The molecule has 2 aromatic rings. The van der Waals surface area contributed by atoms with Gasteiger partial charge < -0.3 is 15.0 Å². The summed E-state index contributed by atoms with van der Waals surface area (Å²) in [6.07, 6.45) is 0.448. The Hall–Kier alpha value is -2.86. The van der Waals surface area contributed by atoms with Crippen LogP contribution in [0.15, 0.2) is 48.5 Å². The number of carbonyl (C=O) groups excluding carboxylic acids is 2. The minimum absolute atomic E-state index is 0.00954. The molecule has 0 bridgehead atoms. The van der Waals surface area contributed by atoms with Gasteiger partial charge in [-0.15, -0.1) is 0 Å². The van der Waals surface area contributed by atoms with Crippen LogP contribution in [0.3, 0.4) is 0 Å². The van der Waals surface area contributed by atoms with Crippen molar-refractivity contribution in [3.63, 3.8) is 0 Å². The Morgan fingerprint density at radius 3 is 2.34 bits per heavy atom. The molecule has 1 aliphatic rings. The van der Waals surface area contributed by atoms with E-state index >= 15 is 0 Å². The van der Waals surface area contributed by atoms with Crippen molar-refractivity contribution >= 4 is 23.1 Å². The van der Waals surface area contributed by atoms with Crippen LogP contribution in [0.1, 0.15) is 30.6 Å². The summed E-state index contributed by atoms with van der Waals surface area (Å²) in [7, 11) is 0. The van der Waals surface area contributed by atoms with Crippen molar-refractivity contribution in [1.82, 2.24) is 4.90 Å². The Morgan fingerprint density at radius 2 is 1.69 bits per heavy atom. The summed E-state index contributed by atoms with van der Waals surface area (Å²) in [5, 5.41) is 2.90. The smallest absolute Gasteiger partial charge is 0.225 e. The van der Waals surface area contributed by atoms with E-state index in [1.807, 2.05) is 25.1 Å². The SMILES string of the molecule is CCOc1ccccc1N1CCN(CCC(=O)Nc2ccc(C(C)=O)cc2)CC1. The number of benzene rings is 2. The van der Waals surface area contributed by atoms with Crippen molar-refractivity contribution in [1.29, 1.82) is 0 Å². The maximum Gasteiger partial charge on any atom is 0.225 e. The van der Waals surface area contributed by atoms with Gasteiger partial charge in [-0.25, -0.2) is 0 Å². The van der Waals surface area contributed by atoms with E-state index in [2.05, 4.69) is 21.2 Å². The zero-order chi connectivity index (χ0) is 20.6. The molecule has 0 spiro atoms. The number of nitrogens with zero attached hydrogens (tertiary/aromatic N) is 2. The number of anilines is 2. The second-order valence-corrected chi connectivity index (χ2v) is 7.16. The number of Topliss-reactive ketones (excluding diaryl/α,β-unsaturated/α-hetero) is 1. The maximum absolute atomic E-state index is 12.2. The molecule has 154 valence electrons. The summed E-state index contributed by atoms with van der Waals surface area (Å²) in [5.74, 6) is 0.939. The molecule has 0 radical (unpaired) electrons. The zero-order valence-corrected chi connectivity index (χ0v) is 17.2. The van der Waals surface area contributed by atoms with Gasteiger partial charge in [-0.3, -0.25) is 14.5 Å². The van der Waals surface area contributed by atoms with Crippen molar-refractivity contribution < 1.29 is 14.3 Å². The van der Waals surface area contributed by atoms with E-state index in [1.165, 1.54) is 6.92 Å². The summed E-state index contributed by atoms with van der Waals surface area (Å²) in [5.41, 5.74) is 2.50. The predicted molar refractivity (Wildman–Crippen MR) is 116 cm³/mol. The van der Waals surface area contributed by atoms with Crippen molar-refractivity contribution in [3.8, 4) is 5.75 Å². The fourth-order valence-electron chi connectivity index (χ4n) is 3.48. The van der Waals surface area contributed by atoms with E-state index in [4.69, 9.17) is 4.74 Å². The molecule has 1 aliphatic heterocycles. The topological polar surface area (TPSA) is 61.9 Å². The lowest BCUT2D eigenvalue weighted by Gasteiger charge is -2.36. The molecule has 1 amide bonds. The number of hydrogen-bond donors (Lipinski definition) is 1. The molecule has 1 heterocycles. The molecule has 6 heteroatoms. The number of carbonyl (C=O) groups is 2. The average molecular weight is 396 g/mol. The first-order chi connectivity index (χ1) is 14.1. The number of ether oxygens (including phenoxy) is 1. The minimum atomic E-state index is -0.00954. The Kier molecular flexibility index (Phi) is 7.25. The van der Waals surface area contributed by atoms with Gasteiger partial charge in [0, 0.05) is 50.4 Å². The van der Waals surface area contributed by atoms with Crippen LogP contribution in [-0.4, -0.2) is 55.9 Å². The highest BCUT2D eigenvalue weighted by molar-refractivity contribution is 5.95. The van der Waals surface area contributed by atoms with Crippen LogP contribution < -0.4 is 15.0 Å². The van der Waals surface area contributed by atoms with Crippen LogP contribution in [0.4, 0.5) is 11.4 Å². The van der Waals surface area contributed by atoms with Gasteiger partial charge in [-0.1, -0.05) is 12.1 Å². The number of para-hydroxylation sites is 2. The van der Waals surface area contributed by atoms with Crippen LogP contribution in [0.5, 0.6) is 5.75 Å². The first-order valence-corrected chi connectivity index (χ1v) is 10.2. The normalized spacial score (nSPS) is 14.5. The lowest BCUT2D eigenvalue weighted by molar-refractivity contribution is -0.116. The number of piperazine rings is 1. The molecule has 0 aromatic heterocycles. The quantitative estimate of drug-likeness (QED) is 0.694. The van der Waals surface area contributed by atoms with E-state index in [0.29, 0.717) is 18.6 Å². The molecule has 1 saturated heterocycles. The predicted octanol–water partition coefficient (Wildman–Crippen LogP) is 3.44. The maximum atomic E-state index is 12.2. The summed E-state index contributed by atoms with van der Waals surface area (Å²) >= 11 is 0. The highest BCUT2D eigenvalue weighted by Crippen LogP contribution is 2.28. The molecule has 29 heavy (non-hydrogen) atoms. The second kappa shape index (κ2) is 10.1. The molecule has 2 aromatic carbocycles. The van der Waals surface area contributed by atoms with E-state index in [1.54, 1.807) is 24.3 Å². The largest absolute Gasteiger partial charge is 0.492 e. The third kappa shape index (κ3) is 5.81. The van der Waals surface area contributed by atoms with E-state index in [-0.39, 0.29) is 11.7 Å². The molecule has 0 saturated carbocycles. The number of rotatable bonds is 8. The molecule has 1 N–H and O–H groups in total. The molecule has 3 rings (SSSR count). The third-order valence-electron chi connectivity index (χ3n) is 5.11. The Bertz CT molecular complexity index is 828. The van der Waals surface area contributed by atoms with E-state index < -0.39 is 0 Å². The molecule has 0 unspecified atom stereocenters. The minimum Gasteiger partial charge on any atom is -0.492 e. The van der Waals surface area contributed by atoms with Gasteiger partial charge >= 0.3 is 0 Å². The van der Waals surface area contributed by atoms with Gasteiger partial charge in [-0.2, -0.15) is 0 Å². The highest BCUT2D eigenvalue weighted by atomic mass is 16.5. The molecule has 6 nitrogen and oxygen atoms in total. The van der Waals surface area contributed by atoms with E-state index in [9.17, 15) is 9.59 Å². The van der Waals surface area contributed by atoms with Crippen LogP contribution in [0.2, 0.25) is 0 Å². The van der Waals surface area contributed by atoms with Gasteiger partial charge in [-0.05, 0) is 50.2 Å². The molecule has 0 aliphatic carbocycles. The Morgan fingerprint density at radius 1 is 1.00 bits per heavy atom. The highest BCUT2D eigenvalue weighted by Gasteiger charge is 2.20. The lowest BCUT2D eigenvalue weighted by atomic mass is 10.1. The van der Waals surface area contributed by atoms with Crippen molar-refractivity contribution in [3.05, 3.63) is 54.1 Å². The average Bonchev–Trinajstić information content (AvgIpc) is 2.74. The fourth-order valence-corrected chi connectivity index (χ4v) is 3.48. The van der Waals surface area contributed by atoms with Crippen molar-refractivity contribution in [2.24, 2.45) is 0 Å². The molecule has 0 atom stereocenters. The van der Waals surface area contributed by atoms with Crippen LogP contribution in [0.25, 0.3) is 0 Å². The number of hydrogen-bond acceptors (Lipinski definition) is 5. The number of ketones is 1. The van der Waals surface area contributed by atoms with Gasteiger partial charge in [0.05, 0.1) is 12.3 Å². The third-order valence-corrected chi connectivity index (χ3v) is 5.11. The van der Waals surface area contributed by atoms with Crippen molar-refractivity contribution in [2.45, 2.75) is 20.3 Å². The van der Waals surface area contributed by atoms with Crippen LogP contribution >= 0.6 is 0 Å². The number of amides is 1. The summed E-state index contributed by atoms with van der Waals surface area (Å²) in [4.78, 5) is 28.2. The first-order valence-electron chi connectivity index (χ1n) is 10.2. The van der Waals surface area contributed by atoms with E-state index in [0.717, 1.165) is 49.8 Å². The first kappa shape index (κ1) is 20.9. The van der Waals surface area contributed by atoms with Gasteiger partial charge in [0.1, 0.15) is 5.75 Å². The van der Waals surface area contributed by atoms with Crippen LogP contribution in [-0.2, 0) is 4.79 Å². The second-order valence-electron chi connectivity index (χ2n) is 7.16. The Balaban J connectivity index is 1.44. The lowest BCUT2D eigenvalue weighted by Crippen LogP contribution is -2.47. The molecular formula is C23H29N3O3. The van der Waals surface area contributed by atoms with Gasteiger partial charge in [0.25, 0.3) is 0 Å². The monoisotopic (exact) mass is 395 g/mol. The summed E-state index contributed by atoms with van der Waals surface area (Å²) < 4.78 is 5.75. The van der Waals surface area contributed by atoms with Crippen LogP contribution in [0, 0.1) is 0 Å². The van der Waals surface area contributed by atoms with Crippen molar-refractivity contribution in [2.75, 3.05) is 49.5 Å². The fraction of sp³-hybridized carbons (Fsp3) is 0.391. The summed E-state index contributed by atoms with van der Waals surface area (Å²) in [6.45, 7) is 8.58. The van der Waals surface area contributed by atoms with Gasteiger partial charge in [0.15, 0.2) is 5.78 Å². The summed E-state index contributed by atoms with van der Waals surface area (Å²) in [6, 6.07) is 15.2. The zero-order valence-electron chi connectivity index (χ0n) is 17.2.